The maximum absolute atomic E-state index is 13.2. The minimum atomic E-state index is -1.02. The third kappa shape index (κ3) is 9.03. The van der Waals surface area contributed by atoms with Gasteiger partial charge in [0.15, 0.2) is 5.75 Å². The van der Waals surface area contributed by atoms with Crippen molar-refractivity contribution >= 4 is 66.7 Å². The average Bonchev–Trinajstić information content (AvgIpc) is 3.67. The van der Waals surface area contributed by atoms with Gasteiger partial charge in [0.05, 0.1) is 55.6 Å². The van der Waals surface area contributed by atoms with Crippen molar-refractivity contribution in [2.24, 2.45) is 0 Å². The Kier molecular flexibility index (Phi) is 12.6. The highest BCUT2D eigenvalue weighted by Gasteiger charge is 2.45. The smallest absolute Gasteiger partial charge is 0.264 e. The zero-order chi connectivity index (χ0) is 39.0. The van der Waals surface area contributed by atoms with Gasteiger partial charge >= 0.3 is 0 Å². The van der Waals surface area contributed by atoms with Gasteiger partial charge in [0.25, 0.3) is 11.8 Å². The molecular weight excluding hydrogens is 806 g/mol. The summed E-state index contributed by atoms with van der Waals surface area (Å²) in [6, 6.07) is 24.6. The number of anilines is 1. The van der Waals surface area contributed by atoms with E-state index >= 15 is 0 Å². The van der Waals surface area contributed by atoms with Gasteiger partial charge in [-0.2, -0.15) is 0 Å². The highest BCUT2D eigenvalue weighted by atomic mass is 79.9. The molecule has 0 saturated carbocycles. The first-order valence-electron chi connectivity index (χ1n) is 18.0. The van der Waals surface area contributed by atoms with E-state index in [9.17, 15) is 24.3 Å². The lowest BCUT2D eigenvalue weighted by Crippen LogP contribution is -2.54. The minimum Gasteiger partial charge on any atom is -0.508 e. The second-order valence-corrected chi connectivity index (χ2v) is 14.8. The first kappa shape index (κ1) is 38.9. The van der Waals surface area contributed by atoms with Gasteiger partial charge < -0.3 is 34.1 Å². The zero-order valence-corrected chi connectivity index (χ0v) is 32.5. The quantitative estimate of drug-likeness (QED) is 0.0614. The molecule has 1 saturated heterocycles. The van der Waals surface area contributed by atoms with Crippen molar-refractivity contribution in [2.45, 2.75) is 18.9 Å². The molecule has 56 heavy (non-hydrogen) atoms. The summed E-state index contributed by atoms with van der Waals surface area (Å²) in [6.07, 6.45) is 0.161. The number of hydrogen-bond acceptors (Lipinski definition) is 12. The number of carbonyl (C=O) groups excluding carboxylic acids is 4. The van der Waals surface area contributed by atoms with Crippen LogP contribution < -0.4 is 20.1 Å². The SMILES string of the molecule is O=C1CCC(N2C(=O)c3cccc(NCCOCCOCCOCCOc4ccc(Oc5c(-c6ccc(Br)cc6)sc6cc(O)ccc56)cc4)c3C2=O)C(=O)N1.[HH]. The van der Waals surface area contributed by atoms with Crippen molar-refractivity contribution in [1.29, 1.82) is 0 Å². The molecule has 0 radical (unpaired) electrons. The Labute approximate surface area is 336 Å². The van der Waals surface area contributed by atoms with Crippen LogP contribution in [0.5, 0.6) is 23.0 Å². The van der Waals surface area contributed by atoms with Crippen LogP contribution in [0.3, 0.4) is 0 Å². The number of rotatable bonds is 18. The standard InChI is InChI=1S/C41H38BrN3O10S.H2/c42-26-6-4-25(5-7-26)38-37(30-13-8-27(46)24-34(30)56-38)55-29-11-9-28(10-12-29)54-23-22-53-21-20-52-19-18-51-17-16-43-32-3-1-2-31-36(32)41(50)45(40(31)49)33-14-15-35(47)44-39(33)48;/h1-13,24,33,43,46H,14-23H2,(H,44,47,48);1H. The summed E-state index contributed by atoms with van der Waals surface area (Å²) in [6.45, 7) is 2.97. The number of nitrogens with one attached hydrogen (secondary N) is 2. The molecular formula is C41H40BrN3O10S. The summed E-state index contributed by atoms with van der Waals surface area (Å²) in [5, 5.41) is 16.3. The van der Waals surface area contributed by atoms with Gasteiger partial charge in [-0.15, -0.1) is 11.3 Å². The van der Waals surface area contributed by atoms with Crippen molar-refractivity contribution in [3.8, 4) is 33.4 Å². The van der Waals surface area contributed by atoms with Crippen LogP contribution in [0.15, 0.2) is 89.4 Å². The van der Waals surface area contributed by atoms with E-state index in [1.807, 2.05) is 54.6 Å². The van der Waals surface area contributed by atoms with Gasteiger partial charge in [0.1, 0.15) is 29.9 Å². The summed E-state index contributed by atoms with van der Waals surface area (Å²) in [7, 11) is 0. The normalized spacial score (nSPS) is 15.3. The zero-order valence-electron chi connectivity index (χ0n) is 30.1. The molecule has 13 nitrogen and oxygen atoms in total. The van der Waals surface area contributed by atoms with E-state index in [-0.39, 0.29) is 31.1 Å². The maximum atomic E-state index is 13.2. The molecule has 7 rings (SSSR count). The number of phenolic OH excluding ortho intramolecular Hbond substituents is 1. The monoisotopic (exact) mass is 845 g/mol. The third-order valence-electron chi connectivity index (χ3n) is 9.05. The Bertz CT molecular complexity index is 2230. The molecule has 1 aromatic heterocycles. The first-order chi connectivity index (χ1) is 27.3. The van der Waals surface area contributed by atoms with Crippen molar-refractivity contribution in [3.63, 3.8) is 0 Å². The fraction of sp³-hybridized carbons (Fsp3) is 0.268. The van der Waals surface area contributed by atoms with Crippen LogP contribution in [-0.2, 0) is 23.8 Å². The summed E-state index contributed by atoms with van der Waals surface area (Å²) in [5.41, 5.74) is 1.91. The molecule has 5 aromatic rings. The Morgan fingerprint density at radius 2 is 1.52 bits per heavy atom. The van der Waals surface area contributed by atoms with Crippen LogP contribution in [0.2, 0.25) is 0 Å². The Hall–Kier alpha value is -5.32. The molecule has 4 amide bonds. The summed E-state index contributed by atoms with van der Waals surface area (Å²) in [4.78, 5) is 52.0. The van der Waals surface area contributed by atoms with Crippen LogP contribution >= 0.6 is 27.3 Å². The van der Waals surface area contributed by atoms with E-state index in [2.05, 4.69) is 26.6 Å². The van der Waals surface area contributed by atoms with Crippen molar-refractivity contribution in [2.75, 3.05) is 58.1 Å². The topological polar surface area (TPSA) is 162 Å². The molecule has 1 unspecified atom stereocenters. The molecule has 3 N–H and O–H groups in total. The number of amides is 4. The fourth-order valence-electron chi connectivity index (χ4n) is 6.36. The number of hydrogen-bond donors (Lipinski definition) is 3. The minimum absolute atomic E-state index is 0. The van der Waals surface area contributed by atoms with Gasteiger partial charge in [-0.25, -0.2) is 0 Å². The highest BCUT2D eigenvalue weighted by molar-refractivity contribution is 9.10. The number of aromatic hydroxyl groups is 1. The lowest BCUT2D eigenvalue weighted by atomic mass is 10.0. The Balaban J connectivity index is 0.00000549. The number of phenols is 1. The van der Waals surface area contributed by atoms with E-state index in [0.717, 1.165) is 35.6 Å². The lowest BCUT2D eigenvalue weighted by Gasteiger charge is -2.27. The molecule has 4 aromatic carbocycles. The number of thiophene rings is 1. The summed E-state index contributed by atoms with van der Waals surface area (Å²) >= 11 is 5.06. The molecule has 0 aliphatic carbocycles. The molecule has 0 bridgehead atoms. The van der Waals surface area contributed by atoms with Crippen LogP contribution in [0.25, 0.3) is 20.5 Å². The van der Waals surface area contributed by atoms with Crippen molar-refractivity contribution in [3.05, 3.63) is 101 Å². The molecule has 292 valence electrons. The highest BCUT2D eigenvalue weighted by Crippen LogP contribution is 2.47. The molecule has 2 aliphatic heterocycles. The first-order valence-corrected chi connectivity index (χ1v) is 19.6. The second kappa shape index (κ2) is 18.1. The number of imide groups is 2. The van der Waals surface area contributed by atoms with Gasteiger partial charge in [-0.1, -0.05) is 34.1 Å². The summed E-state index contributed by atoms with van der Waals surface area (Å²) < 4.78 is 31.0. The number of benzene rings is 4. The predicted octanol–water partition coefficient (Wildman–Crippen LogP) is 7.02. The Morgan fingerprint density at radius 3 is 2.25 bits per heavy atom. The molecule has 1 atom stereocenters. The Morgan fingerprint density at radius 1 is 0.821 bits per heavy atom. The van der Waals surface area contributed by atoms with Crippen LogP contribution in [0, 0.1) is 0 Å². The molecule has 0 spiro atoms. The molecule has 2 aliphatic rings. The van der Waals surface area contributed by atoms with Crippen molar-refractivity contribution in [1.82, 2.24) is 10.2 Å². The number of piperidine rings is 1. The average molecular weight is 847 g/mol. The third-order valence-corrected chi connectivity index (χ3v) is 10.8. The van der Waals surface area contributed by atoms with Crippen molar-refractivity contribution < 1.29 is 49.4 Å². The number of fused-ring (bicyclic) bond motifs is 2. The predicted molar refractivity (Wildman–Crippen MR) is 215 cm³/mol. The lowest BCUT2D eigenvalue weighted by molar-refractivity contribution is -0.136. The van der Waals surface area contributed by atoms with E-state index < -0.39 is 29.7 Å². The number of halogens is 1. The van der Waals surface area contributed by atoms with Crippen LogP contribution in [0.1, 0.15) is 35.0 Å². The van der Waals surface area contributed by atoms with Gasteiger partial charge in [-0.3, -0.25) is 29.4 Å². The number of nitrogens with zero attached hydrogens (tertiary/aromatic N) is 1. The maximum Gasteiger partial charge on any atom is 0.264 e. The number of carbonyl (C=O) groups is 4. The number of ether oxygens (including phenoxy) is 5. The largest absolute Gasteiger partial charge is 0.508 e. The van der Waals surface area contributed by atoms with E-state index in [1.54, 1.807) is 41.7 Å². The van der Waals surface area contributed by atoms with Gasteiger partial charge in [-0.05, 0) is 78.7 Å². The van der Waals surface area contributed by atoms with E-state index in [1.165, 1.54) is 0 Å². The fourth-order valence-corrected chi connectivity index (χ4v) is 7.79. The van der Waals surface area contributed by atoms with E-state index in [4.69, 9.17) is 23.7 Å². The van der Waals surface area contributed by atoms with E-state index in [0.29, 0.717) is 70.0 Å². The summed E-state index contributed by atoms with van der Waals surface area (Å²) in [5.74, 6) is 0.0946. The van der Waals surface area contributed by atoms with Gasteiger partial charge in [0.2, 0.25) is 11.8 Å². The molecule has 1 fully saturated rings. The second-order valence-electron chi connectivity index (χ2n) is 12.8. The molecule has 15 heteroatoms. The molecule has 3 heterocycles. The van der Waals surface area contributed by atoms with Gasteiger partial charge in [0, 0.05) is 34.6 Å². The van der Waals surface area contributed by atoms with Crippen LogP contribution in [0.4, 0.5) is 5.69 Å². The van der Waals surface area contributed by atoms with Crippen LogP contribution in [-0.4, -0.2) is 92.5 Å².